The number of rotatable bonds is 12. The highest BCUT2D eigenvalue weighted by Gasteiger charge is 2.36. The van der Waals surface area contributed by atoms with Gasteiger partial charge in [-0.3, -0.25) is 9.78 Å². The number of pyridine rings is 2. The summed E-state index contributed by atoms with van der Waals surface area (Å²) in [5.41, 5.74) is 6.84. The maximum atomic E-state index is 14.9. The van der Waals surface area contributed by atoms with E-state index in [1.54, 1.807) is 19.3 Å². The number of Topliss-reactive ketones (excluding diaryl/α,β-unsaturated/α-hetero) is 1. The van der Waals surface area contributed by atoms with Gasteiger partial charge in [0.2, 0.25) is 0 Å². The first-order valence-corrected chi connectivity index (χ1v) is 16.2. The third kappa shape index (κ3) is 8.26. The molecular formula is C31H36F3N3O5S. The number of aromatic nitrogens is 2. The number of sulfone groups is 1. The maximum Gasteiger partial charge on any atom is 0.185 e. The first kappa shape index (κ1) is 32.7. The van der Waals surface area contributed by atoms with Gasteiger partial charge < -0.3 is 15.2 Å². The van der Waals surface area contributed by atoms with Gasteiger partial charge in [-0.15, -0.1) is 0 Å². The summed E-state index contributed by atoms with van der Waals surface area (Å²) >= 11 is 0. The van der Waals surface area contributed by atoms with E-state index in [-0.39, 0.29) is 60.6 Å². The fraction of sp³-hybridized carbons (Fsp3) is 0.452. The lowest BCUT2D eigenvalue weighted by atomic mass is 9.73. The molecule has 0 aliphatic heterocycles. The van der Waals surface area contributed by atoms with E-state index >= 15 is 0 Å². The van der Waals surface area contributed by atoms with Crippen LogP contribution in [-0.2, 0) is 32.3 Å². The number of halogens is 3. The number of carbonyl (C=O) groups excluding carboxylic acids is 1. The molecule has 2 aromatic heterocycles. The molecule has 12 heteroatoms. The Kier molecular flexibility index (Phi) is 10.7. The first-order valence-electron chi connectivity index (χ1n) is 14.1. The fourth-order valence-corrected chi connectivity index (χ4v) is 6.02. The normalized spacial score (nSPS) is 20.7. The Morgan fingerprint density at radius 3 is 2.47 bits per heavy atom. The number of ketones is 1. The van der Waals surface area contributed by atoms with Crippen molar-refractivity contribution in [1.82, 2.24) is 9.97 Å². The van der Waals surface area contributed by atoms with Gasteiger partial charge in [-0.1, -0.05) is 6.92 Å². The third-order valence-corrected chi connectivity index (χ3v) is 8.54. The average molecular weight is 620 g/mol. The molecule has 1 aliphatic rings. The SMILES string of the molecule is CCOCc1cc(F)c(-c2nc(C(=O)Cc3cnccc3[C@H]3C[C@@H](N)[C@@H](OCCS(C)(=O)=O)[C@@H](C)C3)ccc2F)c(F)c1. The highest BCUT2D eigenvalue weighted by molar-refractivity contribution is 7.90. The van der Waals surface area contributed by atoms with E-state index in [2.05, 4.69) is 9.97 Å². The number of hydrogen-bond acceptors (Lipinski definition) is 8. The molecule has 43 heavy (non-hydrogen) atoms. The van der Waals surface area contributed by atoms with Crippen LogP contribution in [0.25, 0.3) is 11.3 Å². The second-order valence-corrected chi connectivity index (χ2v) is 13.3. The molecule has 1 aromatic carbocycles. The van der Waals surface area contributed by atoms with Gasteiger partial charge in [-0.2, -0.15) is 0 Å². The Balaban J connectivity index is 1.52. The van der Waals surface area contributed by atoms with Crippen molar-refractivity contribution in [2.24, 2.45) is 11.7 Å². The van der Waals surface area contributed by atoms with Crippen LogP contribution in [0.15, 0.2) is 42.7 Å². The number of ether oxygens (including phenoxy) is 2. The summed E-state index contributed by atoms with van der Waals surface area (Å²) in [6.45, 7) is 4.17. The van der Waals surface area contributed by atoms with Crippen LogP contribution in [0.4, 0.5) is 13.2 Å². The highest BCUT2D eigenvalue weighted by Crippen LogP contribution is 2.38. The van der Waals surface area contributed by atoms with Gasteiger partial charge in [0.1, 0.15) is 38.7 Å². The van der Waals surface area contributed by atoms with Crippen molar-refractivity contribution in [3.8, 4) is 11.3 Å². The van der Waals surface area contributed by atoms with Crippen LogP contribution >= 0.6 is 0 Å². The summed E-state index contributed by atoms with van der Waals surface area (Å²) in [4.78, 5) is 21.6. The summed E-state index contributed by atoms with van der Waals surface area (Å²) in [5.74, 6) is -3.53. The van der Waals surface area contributed by atoms with Gasteiger partial charge in [0, 0.05) is 37.7 Å². The zero-order chi connectivity index (χ0) is 31.3. The number of carbonyl (C=O) groups is 1. The quantitative estimate of drug-likeness (QED) is 0.287. The summed E-state index contributed by atoms with van der Waals surface area (Å²) in [6.07, 6.45) is 5.19. The van der Waals surface area contributed by atoms with E-state index in [4.69, 9.17) is 15.2 Å². The van der Waals surface area contributed by atoms with Crippen molar-refractivity contribution in [3.63, 3.8) is 0 Å². The molecule has 1 aliphatic carbocycles. The van der Waals surface area contributed by atoms with Crippen LogP contribution in [0.2, 0.25) is 0 Å². The van der Waals surface area contributed by atoms with Crippen LogP contribution in [-0.4, -0.2) is 61.5 Å². The van der Waals surface area contributed by atoms with Gasteiger partial charge in [0.05, 0.1) is 30.6 Å². The zero-order valence-electron chi connectivity index (χ0n) is 24.4. The van der Waals surface area contributed by atoms with Crippen LogP contribution < -0.4 is 5.73 Å². The highest BCUT2D eigenvalue weighted by atomic mass is 32.2. The fourth-order valence-electron chi connectivity index (χ4n) is 5.62. The van der Waals surface area contributed by atoms with E-state index in [1.807, 2.05) is 13.0 Å². The Morgan fingerprint density at radius 2 is 1.81 bits per heavy atom. The summed E-state index contributed by atoms with van der Waals surface area (Å²) < 4.78 is 78.6. The lowest BCUT2D eigenvalue weighted by Crippen LogP contribution is -2.47. The van der Waals surface area contributed by atoms with Crippen LogP contribution in [0.3, 0.4) is 0 Å². The number of nitrogens with zero attached hydrogens (tertiary/aromatic N) is 2. The van der Waals surface area contributed by atoms with Crippen molar-refractivity contribution in [2.75, 3.05) is 25.2 Å². The smallest absolute Gasteiger partial charge is 0.185 e. The van der Waals surface area contributed by atoms with Crippen molar-refractivity contribution < 1.29 is 35.9 Å². The van der Waals surface area contributed by atoms with Gasteiger partial charge in [-0.25, -0.2) is 26.6 Å². The lowest BCUT2D eigenvalue weighted by Gasteiger charge is -2.39. The molecular weight excluding hydrogens is 583 g/mol. The largest absolute Gasteiger partial charge is 0.377 e. The number of benzene rings is 1. The van der Waals surface area contributed by atoms with Gasteiger partial charge in [-0.05, 0) is 78.6 Å². The summed E-state index contributed by atoms with van der Waals surface area (Å²) in [5, 5.41) is 0. The molecule has 0 radical (unpaired) electrons. The molecule has 3 aromatic rings. The molecule has 232 valence electrons. The molecule has 4 rings (SSSR count). The second kappa shape index (κ2) is 14.1. The average Bonchev–Trinajstić information content (AvgIpc) is 2.93. The Morgan fingerprint density at radius 1 is 1.09 bits per heavy atom. The predicted molar refractivity (Wildman–Crippen MR) is 156 cm³/mol. The van der Waals surface area contributed by atoms with E-state index in [0.717, 1.165) is 30.0 Å². The van der Waals surface area contributed by atoms with Gasteiger partial charge in [0.15, 0.2) is 5.78 Å². The standard InChI is InChI=1S/C31H36F3N3O5S/c1-4-41-17-19-12-24(33)29(25(34)13-19)30-23(32)5-6-27(37-30)28(38)15-21-16-36-8-7-22(21)20-11-18(2)31(26(35)14-20)42-9-10-43(3,39)40/h5-8,12-13,16,18,20,26,31H,4,9-11,14-15,17,35H2,1-3H3/t18-,20+,26+,31-/m0/s1. The van der Waals surface area contributed by atoms with E-state index in [0.29, 0.717) is 25.0 Å². The molecule has 0 bridgehead atoms. The Labute approximate surface area is 249 Å². The van der Waals surface area contributed by atoms with Gasteiger partial charge in [0.25, 0.3) is 0 Å². The first-order chi connectivity index (χ1) is 20.4. The number of hydrogen-bond donors (Lipinski definition) is 1. The van der Waals surface area contributed by atoms with E-state index < -0.39 is 44.3 Å². The minimum atomic E-state index is -3.16. The van der Waals surface area contributed by atoms with Crippen LogP contribution in [0.5, 0.6) is 0 Å². The minimum absolute atomic E-state index is 0.00591. The summed E-state index contributed by atoms with van der Waals surface area (Å²) in [6, 6.07) is 5.75. The van der Waals surface area contributed by atoms with Crippen LogP contribution in [0.1, 0.15) is 59.8 Å². The van der Waals surface area contributed by atoms with Crippen molar-refractivity contribution in [2.45, 2.75) is 57.8 Å². The van der Waals surface area contributed by atoms with Crippen LogP contribution in [0, 0.1) is 23.4 Å². The molecule has 8 nitrogen and oxygen atoms in total. The van der Waals surface area contributed by atoms with Gasteiger partial charge >= 0.3 is 0 Å². The predicted octanol–water partition coefficient (Wildman–Crippen LogP) is 4.79. The topological polar surface area (TPSA) is 121 Å². The van der Waals surface area contributed by atoms with Crippen molar-refractivity contribution >= 4 is 15.6 Å². The van der Waals surface area contributed by atoms with Crippen molar-refractivity contribution in [3.05, 3.63) is 82.6 Å². The molecule has 2 heterocycles. The molecule has 0 saturated heterocycles. The molecule has 2 N–H and O–H groups in total. The maximum absolute atomic E-state index is 14.9. The second-order valence-electron chi connectivity index (χ2n) is 11.0. The Hall–Kier alpha value is -3.19. The molecule has 4 atom stereocenters. The molecule has 0 amide bonds. The van der Waals surface area contributed by atoms with Crippen molar-refractivity contribution in [1.29, 1.82) is 0 Å². The lowest BCUT2D eigenvalue weighted by molar-refractivity contribution is -0.0154. The molecule has 1 saturated carbocycles. The minimum Gasteiger partial charge on any atom is -0.377 e. The Bertz CT molecular complexity index is 1530. The number of nitrogens with two attached hydrogens (primary N) is 1. The molecule has 0 spiro atoms. The third-order valence-electron chi connectivity index (χ3n) is 7.64. The zero-order valence-corrected chi connectivity index (χ0v) is 25.2. The monoisotopic (exact) mass is 619 g/mol. The molecule has 1 fully saturated rings. The molecule has 0 unspecified atom stereocenters. The summed E-state index contributed by atoms with van der Waals surface area (Å²) in [7, 11) is -3.16. The van der Waals surface area contributed by atoms with E-state index in [1.165, 1.54) is 6.07 Å². The van der Waals surface area contributed by atoms with E-state index in [9.17, 15) is 26.4 Å².